The number of aryl methyl sites for hydroxylation is 1. The van der Waals surface area contributed by atoms with Gasteiger partial charge >= 0.3 is 0 Å². The van der Waals surface area contributed by atoms with Crippen molar-refractivity contribution in [2.45, 2.75) is 16.7 Å². The van der Waals surface area contributed by atoms with E-state index in [1.165, 1.54) is 0 Å². The van der Waals surface area contributed by atoms with Crippen LogP contribution in [0.15, 0.2) is 64.5 Å². The van der Waals surface area contributed by atoms with Crippen LogP contribution < -0.4 is 5.32 Å². The molecule has 0 saturated carbocycles. The molecule has 3 aromatic rings. The molecule has 0 aliphatic carbocycles. The van der Waals surface area contributed by atoms with Crippen molar-refractivity contribution < 1.29 is 4.79 Å². The van der Waals surface area contributed by atoms with Crippen LogP contribution in [0.3, 0.4) is 0 Å². The molecule has 0 atom stereocenters. The summed E-state index contributed by atoms with van der Waals surface area (Å²) in [5, 5.41) is 7.79. The molecule has 1 N–H and O–H groups in total. The number of benzene rings is 2. The number of nitrogens with zero attached hydrogens (tertiary/aromatic N) is 2. The molecule has 0 saturated heterocycles. The van der Waals surface area contributed by atoms with Crippen LogP contribution >= 0.6 is 23.4 Å². The standard InChI is InChI=1S/C18H16ClN3OS/c1-12-15(11-20-22(12)2)18(23)21-16-5-3-4-6-17(16)24-14-9-7-13(19)8-10-14/h3-11H,1-2H3,(H,21,23). The first kappa shape index (κ1) is 16.6. The van der Waals surface area contributed by atoms with Crippen molar-refractivity contribution in [3.63, 3.8) is 0 Å². The Morgan fingerprint density at radius 2 is 1.88 bits per heavy atom. The molecule has 0 bridgehead atoms. The highest BCUT2D eigenvalue weighted by atomic mass is 35.5. The second-order valence-corrected chi connectivity index (χ2v) is 6.83. The highest BCUT2D eigenvalue weighted by Crippen LogP contribution is 2.34. The first-order chi connectivity index (χ1) is 11.5. The number of para-hydroxylation sites is 1. The molecule has 0 radical (unpaired) electrons. The van der Waals surface area contributed by atoms with Crippen LogP contribution in [0.4, 0.5) is 5.69 Å². The molecule has 2 aromatic carbocycles. The van der Waals surface area contributed by atoms with Gasteiger partial charge in [0.05, 0.1) is 17.4 Å². The highest BCUT2D eigenvalue weighted by molar-refractivity contribution is 7.99. The van der Waals surface area contributed by atoms with E-state index in [4.69, 9.17) is 11.6 Å². The zero-order chi connectivity index (χ0) is 17.1. The fourth-order valence-electron chi connectivity index (χ4n) is 2.20. The average Bonchev–Trinajstić information content (AvgIpc) is 2.91. The second kappa shape index (κ2) is 7.11. The first-order valence-corrected chi connectivity index (χ1v) is 8.56. The summed E-state index contributed by atoms with van der Waals surface area (Å²) in [5.74, 6) is -0.162. The lowest BCUT2D eigenvalue weighted by Crippen LogP contribution is -2.13. The van der Waals surface area contributed by atoms with E-state index in [1.54, 1.807) is 22.6 Å². The molecule has 0 unspecified atom stereocenters. The van der Waals surface area contributed by atoms with E-state index in [0.29, 0.717) is 10.6 Å². The number of hydrogen-bond acceptors (Lipinski definition) is 3. The molecular formula is C18H16ClN3OS. The molecule has 3 rings (SSSR count). The van der Waals surface area contributed by atoms with E-state index < -0.39 is 0 Å². The molecule has 0 aliphatic heterocycles. The van der Waals surface area contributed by atoms with Gasteiger partial charge < -0.3 is 5.32 Å². The Bertz CT molecular complexity index is 874. The van der Waals surface area contributed by atoms with Crippen LogP contribution in [0.1, 0.15) is 16.1 Å². The quantitative estimate of drug-likeness (QED) is 0.730. The van der Waals surface area contributed by atoms with Crippen molar-refractivity contribution in [2.24, 2.45) is 7.05 Å². The van der Waals surface area contributed by atoms with Crippen molar-refractivity contribution in [1.82, 2.24) is 9.78 Å². The van der Waals surface area contributed by atoms with E-state index in [2.05, 4.69) is 10.4 Å². The third-order valence-electron chi connectivity index (χ3n) is 3.66. The Morgan fingerprint density at radius 3 is 2.54 bits per heavy atom. The number of hydrogen-bond donors (Lipinski definition) is 1. The number of rotatable bonds is 4. The van der Waals surface area contributed by atoms with Gasteiger partial charge in [0.15, 0.2) is 0 Å². The molecule has 0 fully saturated rings. The van der Waals surface area contributed by atoms with E-state index in [0.717, 1.165) is 21.2 Å². The van der Waals surface area contributed by atoms with E-state index in [1.807, 2.05) is 62.5 Å². The minimum Gasteiger partial charge on any atom is -0.321 e. The minimum absolute atomic E-state index is 0.162. The lowest BCUT2D eigenvalue weighted by Gasteiger charge is -2.10. The maximum atomic E-state index is 12.5. The van der Waals surface area contributed by atoms with Gasteiger partial charge in [-0.3, -0.25) is 9.48 Å². The predicted octanol–water partition coefficient (Wildman–Crippen LogP) is 4.79. The summed E-state index contributed by atoms with van der Waals surface area (Å²) in [7, 11) is 1.82. The van der Waals surface area contributed by atoms with Gasteiger partial charge in [-0.15, -0.1) is 0 Å². The van der Waals surface area contributed by atoms with Crippen molar-refractivity contribution in [2.75, 3.05) is 5.32 Å². The third kappa shape index (κ3) is 3.63. The van der Waals surface area contributed by atoms with Crippen LogP contribution in [0, 0.1) is 6.92 Å². The number of carbonyl (C=O) groups is 1. The summed E-state index contributed by atoms with van der Waals surface area (Å²) in [6.45, 7) is 1.87. The molecule has 1 amide bonds. The molecule has 6 heteroatoms. The Balaban J connectivity index is 1.82. The van der Waals surface area contributed by atoms with Crippen LogP contribution in [0.5, 0.6) is 0 Å². The molecule has 0 aliphatic rings. The summed E-state index contributed by atoms with van der Waals surface area (Å²) in [5.41, 5.74) is 2.17. The fraction of sp³-hybridized carbons (Fsp3) is 0.111. The third-order valence-corrected chi connectivity index (χ3v) is 4.99. The molecule has 1 heterocycles. The number of carbonyl (C=O) groups excluding carboxylic acids is 1. The molecule has 24 heavy (non-hydrogen) atoms. The number of aromatic nitrogens is 2. The van der Waals surface area contributed by atoms with E-state index in [9.17, 15) is 4.79 Å². The van der Waals surface area contributed by atoms with Gasteiger partial charge in [0.25, 0.3) is 5.91 Å². The Hall–Kier alpha value is -2.24. The van der Waals surface area contributed by atoms with Gasteiger partial charge in [-0.25, -0.2) is 0 Å². The van der Waals surface area contributed by atoms with Crippen molar-refractivity contribution in [3.05, 3.63) is 71.0 Å². The highest BCUT2D eigenvalue weighted by Gasteiger charge is 2.14. The van der Waals surface area contributed by atoms with Crippen molar-refractivity contribution in [1.29, 1.82) is 0 Å². The SMILES string of the molecule is Cc1c(C(=O)Nc2ccccc2Sc2ccc(Cl)cc2)cnn1C. The fourth-order valence-corrected chi connectivity index (χ4v) is 3.23. The Morgan fingerprint density at radius 1 is 1.17 bits per heavy atom. The number of halogens is 1. The Kier molecular flexibility index (Phi) is 4.92. The normalized spacial score (nSPS) is 10.6. The van der Waals surface area contributed by atoms with Gasteiger partial charge in [0, 0.05) is 27.6 Å². The van der Waals surface area contributed by atoms with Gasteiger partial charge in [0.1, 0.15) is 0 Å². The van der Waals surface area contributed by atoms with Gasteiger partial charge in [-0.1, -0.05) is 35.5 Å². The average molecular weight is 358 g/mol. The number of nitrogens with one attached hydrogen (secondary N) is 1. The summed E-state index contributed by atoms with van der Waals surface area (Å²) in [4.78, 5) is 14.5. The topological polar surface area (TPSA) is 46.9 Å². The molecular weight excluding hydrogens is 342 g/mol. The smallest absolute Gasteiger partial charge is 0.259 e. The molecule has 4 nitrogen and oxygen atoms in total. The predicted molar refractivity (Wildman–Crippen MR) is 97.9 cm³/mol. The van der Waals surface area contributed by atoms with Crippen LogP contribution in [-0.2, 0) is 7.05 Å². The lowest BCUT2D eigenvalue weighted by molar-refractivity contribution is 0.102. The molecule has 0 spiro atoms. The largest absolute Gasteiger partial charge is 0.321 e. The number of anilines is 1. The van der Waals surface area contributed by atoms with Gasteiger partial charge in [0.2, 0.25) is 0 Å². The second-order valence-electron chi connectivity index (χ2n) is 5.27. The Labute approximate surface area is 149 Å². The van der Waals surface area contributed by atoms with Gasteiger partial charge in [-0.05, 0) is 43.3 Å². The number of amides is 1. The van der Waals surface area contributed by atoms with Crippen LogP contribution in [0.25, 0.3) is 0 Å². The van der Waals surface area contributed by atoms with Crippen molar-refractivity contribution >= 4 is 35.0 Å². The van der Waals surface area contributed by atoms with Crippen molar-refractivity contribution in [3.8, 4) is 0 Å². The summed E-state index contributed by atoms with van der Waals surface area (Å²) >= 11 is 7.50. The maximum Gasteiger partial charge on any atom is 0.259 e. The van der Waals surface area contributed by atoms with Gasteiger partial charge in [-0.2, -0.15) is 5.10 Å². The van der Waals surface area contributed by atoms with E-state index >= 15 is 0 Å². The summed E-state index contributed by atoms with van der Waals surface area (Å²) in [6.07, 6.45) is 1.58. The minimum atomic E-state index is -0.162. The molecule has 122 valence electrons. The van der Waals surface area contributed by atoms with E-state index in [-0.39, 0.29) is 5.91 Å². The first-order valence-electron chi connectivity index (χ1n) is 7.37. The van der Waals surface area contributed by atoms with Crippen LogP contribution in [-0.4, -0.2) is 15.7 Å². The zero-order valence-electron chi connectivity index (χ0n) is 13.3. The molecule has 1 aromatic heterocycles. The maximum absolute atomic E-state index is 12.5. The monoisotopic (exact) mass is 357 g/mol. The zero-order valence-corrected chi connectivity index (χ0v) is 14.9. The summed E-state index contributed by atoms with van der Waals surface area (Å²) < 4.78 is 1.68. The lowest BCUT2D eigenvalue weighted by atomic mass is 10.2. The summed E-state index contributed by atoms with van der Waals surface area (Å²) in [6, 6.07) is 15.3. The van der Waals surface area contributed by atoms with Crippen LogP contribution in [0.2, 0.25) is 5.02 Å².